The van der Waals surface area contributed by atoms with Gasteiger partial charge in [-0.25, -0.2) is 0 Å². The molecule has 1 saturated heterocycles. The van der Waals surface area contributed by atoms with Crippen LogP contribution in [0.2, 0.25) is 0 Å². The lowest BCUT2D eigenvalue weighted by molar-refractivity contribution is -0.165. The van der Waals surface area contributed by atoms with Crippen molar-refractivity contribution in [2.75, 3.05) is 6.61 Å². The summed E-state index contributed by atoms with van der Waals surface area (Å²) in [5, 5.41) is 2.87. The Morgan fingerprint density at radius 3 is 2.92 bits per heavy atom. The van der Waals surface area contributed by atoms with Crippen LogP contribution in [0, 0.1) is 0 Å². The molecule has 7 heteroatoms. The van der Waals surface area contributed by atoms with E-state index in [0.717, 1.165) is 24.0 Å². The zero-order chi connectivity index (χ0) is 17.2. The van der Waals surface area contributed by atoms with Gasteiger partial charge >= 0.3 is 0 Å². The monoisotopic (exact) mass is 341 g/mol. The minimum Gasteiger partial charge on any atom is -0.472 e. The molecule has 1 saturated carbocycles. The highest BCUT2D eigenvalue weighted by Gasteiger charge is 2.47. The minimum absolute atomic E-state index is 0.0724. The highest BCUT2D eigenvalue weighted by Crippen LogP contribution is 2.39. The maximum atomic E-state index is 12.7. The molecule has 3 heterocycles. The Bertz CT molecular complexity index is 743. The Kier molecular flexibility index (Phi) is 4.23. The quantitative estimate of drug-likeness (QED) is 0.889. The lowest BCUT2D eigenvalue weighted by Gasteiger charge is -2.40. The molecule has 130 valence electrons. The molecule has 1 aliphatic heterocycles. The number of aromatic nitrogens is 1. The third-order valence-electron chi connectivity index (χ3n) is 4.53. The fourth-order valence-electron chi connectivity index (χ4n) is 3.20. The van der Waals surface area contributed by atoms with Gasteiger partial charge in [0.1, 0.15) is 6.61 Å². The summed E-state index contributed by atoms with van der Waals surface area (Å²) in [6, 6.07) is 5.21. The van der Waals surface area contributed by atoms with Crippen LogP contribution in [-0.2, 0) is 20.9 Å². The smallest absolute Gasteiger partial charge is 0.251 e. The Morgan fingerprint density at radius 2 is 2.24 bits per heavy atom. The zero-order valence-electron chi connectivity index (χ0n) is 13.6. The van der Waals surface area contributed by atoms with Crippen molar-refractivity contribution in [2.45, 2.75) is 37.6 Å². The van der Waals surface area contributed by atoms with Crippen LogP contribution in [0.5, 0.6) is 0 Å². The maximum Gasteiger partial charge on any atom is 0.251 e. The zero-order valence-corrected chi connectivity index (χ0v) is 13.6. The molecular formula is C18H19N3O4. The molecule has 2 aromatic rings. The van der Waals surface area contributed by atoms with E-state index < -0.39 is 12.1 Å². The predicted molar refractivity (Wildman–Crippen MR) is 87.1 cm³/mol. The summed E-state index contributed by atoms with van der Waals surface area (Å²) < 4.78 is 10.7. The molecule has 2 amide bonds. The van der Waals surface area contributed by atoms with Gasteiger partial charge in [-0.2, -0.15) is 0 Å². The second-order valence-electron chi connectivity index (χ2n) is 6.34. The van der Waals surface area contributed by atoms with Crippen LogP contribution < -0.4 is 5.32 Å². The number of nitrogens with one attached hydrogen (secondary N) is 1. The van der Waals surface area contributed by atoms with E-state index in [1.54, 1.807) is 37.1 Å². The third-order valence-corrected chi connectivity index (χ3v) is 4.53. The predicted octanol–water partition coefficient (Wildman–Crippen LogP) is 1.42. The van der Waals surface area contributed by atoms with E-state index in [2.05, 4.69) is 10.3 Å². The Morgan fingerprint density at radius 1 is 1.36 bits per heavy atom. The number of rotatable bonds is 5. The van der Waals surface area contributed by atoms with Crippen molar-refractivity contribution >= 4 is 11.8 Å². The van der Waals surface area contributed by atoms with E-state index in [9.17, 15) is 9.59 Å². The number of morpholine rings is 1. The number of ether oxygens (including phenoxy) is 1. The molecule has 2 fully saturated rings. The van der Waals surface area contributed by atoms with Gasteiger partial charge in [-0.3, -0.25) is 14.6 Å². The van der Waals surface area contributed by atoms with Gasteiger partial charge in [0.05, 0.1) is 18.6 Å². The summed E-state index contributed by atoms with van der Waals surface area (Å²) in [6.45, 7) is 0.281. The SMILES string of the molecule is O=C(NCc1ccoc1)[C@H]1OCC(=O)N(C2CC2)[C@@H]1c1cccnc1. The maximum absolute atomic E-state index is 12.7. The van der Waals surface area contributed by atoms with E-state index in [1.165, 1.54) is 0 Å². The second kappa shape index (κ2) is 6.68. The number of carbonyl (C=O) groups excluding carboxylic acids is 2. The summed E-state index contributed by atoms with van der Waals surface area (Å²) in [6.07, 6.45) is 7.68. The molecule has 0 spiro atoms. The highest BCUT2D eigenvalue weighted by molar-refractivity contribution is 5.86. The molecule has 2 atom stereocenters. The van der Waals surface area contributed by atoms with Gasteiger partial charge < -0.3 is 19.4 Å². The number of amides is 2. The molecule has 0 aromatic carbocycles. The third kappa shape index (κ3) is 3.28. The van der Waals surface area contributed by atoms with Crippen LogP contribution in [-0.4, -0.2) is 40.5 Å². The molecule has 4 rings (SSSR count). The van der Waals surface area contributed by atoms with Gasteiger partial charge in [-0.05, 0) is 30.5 Å². The number of pyridine rings is 1. The first-order valence-electron chi connectivity index (χ1n) is 8.35. The first kappa shape index (κ1) is 15.8. The molecule has 0 radical (unpaired) electrons. The van der Waals surface area contributed by atoms with Gasteiger partial charge in [-0.15, -0.1) is 0 Å². The van der Waals surface area contributed by atoms with E-state index in [1.807, 2.05) is 11.0 Å². The highest BCUT2D eigenvalue weighted by atomic mass is 16.5. The lowest BCUT2D eigenvalue weighted by atomic mass is 9.98. The van der Waals surface area contributed by atoms with E-state index in [0.29, 0.717) is 6.54 Å². The average molecular weight is 341 g/mol. The first-order valence-corrected chi connectivity index (χ1v) is 8.35. The molecule has 25 heavy (non-hydrogen) atoms. The standard InChI is InChI=1S/C18H19N3O4/c22-15-11-25-17(18(23)20-8-12-5-7-24-10-12)16(21(15)14-3-4-14)13-2-1-6-19-9-13/h1-2,5-7,9-10,14,16-17H,3-4,8,11H2,(H,20,23)/t16-,17+/m1/s1. The van der Waals surface area contributed by atoms with Crippen LogP contribution >= 0.6 is 0 Å². The molecule has 1 aliphatic carbocycles. The molecule has 0 unspecified atom stereocenters. The van der Waals surface area contributed by atoms with Gasteiger partial charge in [0.2, 0.25) is 5.91 Å². The fraction of sp³-hybridized carbons (Fsp3) is 0.389. The Hall–Kier alpha value is -2.67. The Labute approximate surface area is 145 Å². The lowest BCUT2D eigenvalue weighted by Crippen LogP contribution is -2.55. The van der Waals surface area contributed by atoms with Crippen molar-refractivity contribution < 1.29 is 18.7 Å². The van der Waals surface area contributed by atoms with E-state index >= 15 is 0 Å². The van der Waals surface area contributed by atoms with Crippen LogP contribution in [0.25, 0.3) is 0 Å². The normalized spacial score (nSPS) is 23.5. The summed E-state index contributed by atoms with van der Waals surface area (Å²) >= 11 is 0. The van der Waals surface area contributed by atoms with Gasteiger partial charge in [0.15, 0.2) is 6.10 Å². The van der Waals surface area contributed by atoms with Gasteiger partial charge in [0, 0.05) is 30.5 Å². The van der Waals surface area contributed by atoms with Crippen molar-refractivity contribution in [3.8, 4) is 0 Å². The van der Waals surface area contributed by atoms with Crippen LogP contribution in [0.1, 0.15) is 30.0 Å². The van der Waals surface area contributed by atoms with Crippen molar-refractivity contribution in [2.24, 2.45) is 0 Å². The van der Waals surface area contributed by atoms with E-state index in [-0.39, 0.29) is 24.5 Å². The molecule has 2 aliphatic rings. The topological polar surface area (TPSA) is 84.7 Å². The fourth-order valence-corrected chi connectivity index (χ4v) is 3.20. The molecule has 7 nitrogen and oxygen atoms in total. The minimum atomic E-state index is -0.755. The molecule has 1 N–H and O–H groups in total. The number of carbonyl (C=O) groups is 2. The summed E-state index contributed by atoms with van der Waals surface area (Å²) in [4.78, 5) is 31.1. The number of hydrogen-bond donors (Lipinski definition) is 1. The van der Waals surface area contributed by atoms with Crippen LogP contribution in [0.3, 0.4) is 0 Å². The van der Waals surface area contributed by atoms with Gasteiger partial charge in [0.25, 0.3) is 5.91 Å². The number of furan rings is 1. The van der Waals surface area contributed by atoms with E-state index in [4.69, 9.17) is 9.15 Å². The van der Waals surface area contributed by atoms with Crippen LogP contribution in [0.4, 0.5) is 0 Å². The Balaban J connectivity index is 1.57. The summed E-state index contributed by atoms with van der Waals surface area (Å²) in [5.74, 6) is -0.316. The van der Waals surface area contributed by atoms with Crippen molar-refractivity contribution in [3.63, 3.8) is 0 Å². The molecule has 0 bridgehead atoms. The van der Waals surface area contributed by atoms with Crippen molar-refractivity contribution in [1.29, 1.82) is 0 Å². The van der Waals surface area contributed by atoms with Crippen molar-refractivity contribution in [1.82, 2.24) is 15.2 Å². The van der Waals surface area contributed by atoms with Gasteiger partial charge in [-0.1, -0.05) is 6.07 Å². The molecule has 2 aromatic heterocycles. The number of nitrogens with zero attached hydrogens (tertiary/aromatic N) is 2. The number of hydrogen-bond acceptors (Lipinski definition) is 5. The largest absolute Gasteiger partial charge is 0.472 e. The average Bonchev–Trinajstić information content (AvgIpc) is 3.34. The van der Waals surface area contributed by atoms with Crippen LogP contribution in [0.15, 0.2) is 47.5 Å². The summed E-state index contributed by atoms with van der Waals surface area (Å²) in [5.41, 5.74) is 1.68. The molecular weight excluding hydrogens is 322 g/mol. The first-order chi connectivity index (χ1) is 12.2. The second-order valence-corrected chi connectivity index (χ2v) is 6.34. The summed E-state index contributed by atoms with van der Waals surface area (Å²) in [7, 11) is 0. The van der Waals surface area contributed by atoms with Crippen molar-refractivity contribution in [3.05, 3.63) is 54.2 Å².